The first-order valence-electron chi connectivity index (χ1n) is 16.0. The summed E-state index contributed by atoms with van der Waals surface area (Å²) in [6, 6.07) is 15.6. The van der Waals surface area contributed by atoms with Crippen molar-refractivity contribution in [2.24, 2.45) is 0 Å². The predicted molar refractivity (Wildman–Crippen MR) is 188 cm³/mol. The van der Waals surface area contributed by atoms with E-state index in [9.17, 15) is 24.0 Å². The average molecular weight is 734 g/mol. The first-order chi connectivity index (χ1) is 23.7. The van der Waals surface area contributed by atoms with Gasteiger partial charge in [0.1, 0.15) is 0 Å². The second kappa shape index (κ2) is 19.1. The lowest BCUT2D eigenvalue weighted by Crippen LogP contribution is -2.49. The van der Waals surface area contributed by atoms with E-state index in [1.54, 1.807) is 0 Å². The van der Waals surface area contributed by atoms with Crippen molar-refractivity contribution in [3.8, 4) is 0 Å². The highest BCUT2D eigenvalue weighted by Crippen LogP contribution is 2.47. The van der Waals surface area contributed by atoms with Gasteiger partial charge in [0.2, 0.25) is 0 Å². The van der Waals surface area contributed by atoms with E-state index < -0.39 is 23.9 Å². The largest absolute Gasteiger partial charge is 0.478 e. The number of carbonyl (C=O) groups excluding carboxylic acids is 1. The zero-order chi connectivity index (χ0) is 37.0. The normalized spacial score (nSPS) is 19.3. The Morgan fingerprint density at radius 1 is 0.720 bits per heavy atom. The number of carbonyl (C=O) groups is 5. The molecule has 2 saturated heterocycles. The number of carboxylic acids is 4. The van der Waals surface area contributed by atoms with Gasteiger partial charge in [0.25, 0.3) is 0 Å². The van der Waals surface area contributed by atoms with E-state index in [0.717, 1.165) is 68.8 Å². The van der Waals surface area contributed by atoms with Crippen LogP contribution in [0.15, 0.2) is 66.8 Å². The number of halogens is 2. The lowest BCUT2D eigenvalue weighted by Gasteiger charge is -2.39. The van der Waals surface area contributed by atoms with Gasteiger partial charge in [-0.2, -0.15) is 0 Å². The molecule has 13 nitrogen and oxygen atoms in total. The van der Waals surface area contributed by atoms with E-state index in [1.165, 1.54) is 16.7 Å². The zero-order valence-electron chi connectivity index (χ0n) is 27.8. The van der Waals surface area contributed by atoms with E-state index in [1.807, 2.05) is 28.0 Å². The zero-order valence-corrected chi connectivity index (χ0v) is 29.3. The van der Waals surface area contributed by atoms with Gasteiger partial charge in [0.05, 0.1) is 0 Å². The summed E-state index contributed by atoms with van der Waals surface area (Å²) in [6.45, 7) is 11.8. The molecule has 270 valence electrons. The standard InChI is InChI=1S/C27H34Cl2N4O.2C4H4O4/c1-19(2)33-16-15-32(27(33)34)14-11-30-9-12-31(13-10-30)26-18-24(20-3-5-21(28)6-4-20)25-17-22(29)7-8-23(25)26;2*5-3(6)1-2-4(7)8/h3-8,17,19,24,26H,9-16,18H2,1-2H3;2*1-2H,(H,5,6)(H,7,8)/b;2*2-1-/t24-,26+;;/m1../s1. The van der Waals surface area contributed by atoms with Crippen LogP contribution in [0.2, 0.25) is 10.0 Å². The van der Waals surface area contributed by atoms with Gasteiger partial charge in [-0.25, -0.2) is 24.0 Å². The summed E-state index contributed by atoms with van der Waals surface area (Å²) in [7, 11) is 0. The molecular formula is C35H42Cl2N4O9. The smallest absolute Gasteiger partial charge is 0.328 e. The molecule has 0 spiro atoms. The Labute approximate surface area is 300 Å². The van der Waals surface area contributed by atoms with Gasteiger partial charge in [-0.15, -0.1) is 0 Å². The summed E-state index contributed by atoms with van der Waals surface area (Å²) in [6.07, 6.45) is 3.31. The number of carboxylic acid groups (broad SMARTS) is 4. The van der Waals surface area contributed by atoms with Crippen molar-refractivity contribution in [3.05, 3.63) is 93.5 Å². The molecule has 2 aliphatic heterocycles. The maximum absolute atomic E-state index is 12.6. The minimum atomic E-state index is -1.26. The van der Waals surface area contributed by atoms with Gasteiger partial charge < -0.3 is 30.2 Å². The molecule has 2 amide bonds. The van der Waals surface area contributed by atoms with E-state index in [0.29, 0.717) is 36.3 Å². The van der Waals surface area contributed by atoms with Gasteiger partial charge in [-0.05, 0) is 61.2 Å². The summed E-state index contributed by atoms with van der Waals surface area (Å²) < 4.78 is 0. The van der Waals surface area contributed by atoms with Crippen LogP contribution >= 0.6 is 23.2 Å². The Morgan fingerprint density at radius 3 is 1.72 bits per heavy atom. The van der Waals surface area contributed by atoms with Crippen LogP contribution in [0.25, 0.3) is 0 Å². The van der Waals surface area contributed by atoms with Crippen LogP contribution in [0.1, 0.15) is 48.9 Å². The van der Waals surface area contributed by atoms with Crippen LogP contribution in [0.5, 0.6) is 0 Å². The van der Waals surface area contributed by atoms with Crippen LogP contribution in [-0.2, 0) is 19.2 Å². The summed E-state index contributed by atoms with van der Waals surface area (Å²) in [4.78, 5) is 59.9. The van der Waals surface area contributed by atoms with Crippen molar-refractivity contribution in [2.45, 2.75) is 38.3 Å². The molecule has 2 aromatic rings. The van der Waals surface area contributed by atoms with Crippen LogP contribution in [0.3, 0.4) is 0 Å². The number of rotatable bonds is 10. The highest BCUT2D eigenvalue weighted by atomic mass is 35.5. The molecule has 1 aliphatic carbocycles. The molecule has 2 atom stereocenters. The van der Waals surface area contributed by atoms with Crippen molar-refractivity contribution in [1.29, 1.82) is 0 Å². The molecule has 4 N–H and O–H groups in total. The maximum atomic E-state index is 12.6. The first-order valence-corrected chi connectivity index (χ1v) is 16.8. The molecule has 15 heteroatoms. The predicted octanol–water partition coefficient (Wildman–Crippen LogP) is 4.76. The number of piperazine rings is 1. The summed E-state index contributed by atoms with van der Waals surface area (Å²) in [5, 5.41) is 32.8. The van der Waals surface area contributed by atoms with Crippen LogP contribution < -0.4 is 0 Å². The van der Waals surface area contributed by atoms with E-state index in [-0.39, 0.29) is 12.1 Å². The molecule has 0 bridgehead atoms. The topological polar surface area (TPSA) is 179 Å². The van der Waals surface area contributed by atoms with Crippen LogP contribution in [0.4, 0.5) is 4.79 Å². The number of fused-ring (bicyclic) bond motifs is 1. The molecule has 2 fully saturated rings. The minimum absolute atomic E-state index is 0.197. The summed E-state index contributed by atoms with van der Waals surface area (Å²) in [5.41, 5.74) is 4.07. The van der Waals surface area contributed by atoms with E-state index >= 15 is 0 Å². The second-order valence-electron chi connectivity index (χ2n) is 12.1. The van der Waals surface area contributed by atoms with Gasteiger partial charge in [0.15, 0.2) is 0 Å². The SMILES string of the molecule is CC(C)N1CCN(CCN2CCN([C@H]3C[C@H](c4ccc(Cl)cc4)c4cc(Cl)ccc43)CC2)C1=O.O=C(O)/C=C\C(=O)O.O=C(O)/C=C\C(=O)O. The third kappa shape index (κ3) is 12.2. The molecule has 0 saturated carbocycles. The van der Waals surface area contributed by atoms with E-state index in [2.05, 4.69) is 47.9 Å². The number of amides is 2. The van der Waals surface area contributed by atoms with Gasteiger partial charge >= 0.3 is 29.9 Å². The molecule has 2 aromatic carbocycles. The Bertz CT molecular complexity index is 1510. The average Bonchev–Trinajstić information content (AvgIpc) is 3.63. The number of nitrogens with zero attached hydrogens (tertiary/aromatic N) is 4. The molecule has 3 aliphatic rings. The highest BCUT2D eigenvalue weighted by molar-refractivity contribution is 6.31. The van der Waals surface area contributed by atoms with Gasteiger partial charge in [-0.1, -0.05) is 41.4 Å². The third-order valence-corrected chi connectivity index (χ3v) is 9.02. The fraction of sp³-hybridized carbons (Fsp3) is 0.400. The van der Waals surface area contributed by atoms with Gasteiger partial charge in [-0.3, -0.25) is 9.80 Å². The third-order valence-electron chi connectivity index (χ3n) is 8.54. The number of hydrogen-bond donors (Lipinski definition) is 4. The molecule has 0 aromatic heterocycles. The number of hydrogen-bond acceptors (Lipinski definition) is 7. The molecule has 5 rings (SSSR count). The number of urea groups is 1. The summed E-state index contributed by atoms with van der Waals surface area (Å²) >= 11 is 12.6. The van der Waals surface area contributed by atoms with Crippen LogP contribution in [0, 0.1) is 0 Å². The molecule has 0 unspecified atom stereocenters. The monoisotopic (exact) mass is 732 g/mol. The highest BCUT2D eigenvalue weighted by Gasteiger charge is 2.37. The van der Waals surface area contributed by atoms with Crippen molar-refractivity contribution in [2.75, 3.05) is 52.4 Å². The minimum Gasteiger partial charge on any atom is -0.478 e. The van der Waals surface area contributed by atoms with E-state index in [4.69, 9.17) is 43.6 Å². The Hall–Kier alpha value is -4.43. The Morgan fingerprint density at radius 2 is 1.24 bits per heavy atom. The molecule has 50 heavy (non-hydrogen) atoms. The second-order valence-corrected chi connectivity index (χ2v) is 13.0. The fourth-order valence-corrected chi connectivity index (χ4v) is 6.42. The fourth-order valence-electron chi connectivity index (χ4n) is 6.12. The molecule has 0 radical (unpaired) electrons. The lowest BCUT2D eigenvalue weighted by molar-refractivity contribution is -0.134. The van der Waals surface area contributed by atoms with Crippen molar-refractivity contribution >= 4 is 53.1 Å². The summed E-state index contributed by atoms with van der Waals surface area (Å²) in [5.74, 6) is -4.68. The molecular weight excluding hydrogens is 691 g/mol. The van der Waals surface area contributed by atoms with Crippen molar-refractivity contribution in [3.63, 3.8) is 0 Å². The number of aliphatic carboxylic acids is 4. The quantitative estimate of drug-likeness (QED) is 0.248. The Balaban J connectivity index is 0.000000352. The first kappa shape index (κ1) is 40.0. The van der Waals surface area contributed by atoms with Crippen LogP contribution in [-0.4, -0.2) is 128 Å². The lowest BCUT2D eigenvalue weighted by atomic mass is 9.93. The van der Waals surface area contributed by atoms with Gasteiger partial charge in [0, 0.05) is 105 Å². The Kier molecular flexibility index (Phi) is 15.3. The number of benzene rings is 2. The van der Waals surface area contributed by atoms with Crippen molar-refractivity contribution < 1.29 is 44.4 Å². The molecule has 2 heterocycles. The van der Waals surface area contributed by atoms with Crippen molar-refractivity contribution in [1.82, 2.24) is 19.6 Å². The maximum Gasteiger partial charge on any atom is 0.328 e.